The average molecular weight is 739 g/mol. The van der Waals surface area contributed by atoms with Gasteiger partial charge in [0.05, 0.1) is 47.0 Å². The van der Waals surface area contributed by atoms with E-state index in [0.29, 0.717) is 31.1 Å². The first-order chi connectivity index (χ1) is 25.9. The Morgan fingerprint density at radius 1 is 0.981 bits per heavy atom. The van der Waals surface area contributed by atoms with Gasteiger partial charge in [-0.05, 0) is 124 Å². The molecule has 4 aromatic rings. The zero-order chi connectivity index (χ0) is 37.0. The van der Waals surface area contributed by atoms with Crippen LogP contribution in [0.2, 0.25) is 0 Å². The molecule has 3 aromatic carbocycles. The van der Waals surface area contributed by atoms with Crippen molar-refractivity contribution in [1.29, 1.82) is 0 Å². The monoisotopic (exact) mass is 738 g/mol. The number of amides is 1. The van der Waals surface area contributed by atoms with E-state index in [9.17, 15) is 9.00 Å². The summed E-state index contributed by atoms with van der Waals surface area (Å²) in [7, 11) is -1.23. The van der Waals surface area contributed by atoms with Gasteiger partial charge in [-0.2, -0.15) is 0 Å². The maximum Gasteiger partial charge on any atom is 0.251 e. The van der Waals surface area contributed by atoms with Crippen LogP contribution in [0.1, 0.15) is 75.7 Å². The highest BCUT2D eigenvalue weighted by Crippen LogP contribution is 2.34. The predicted octanol–water partition coefficient (Wildman–Crippen LogP) is 8.57. The number of nitrogens with one attached hydrogen (secondary N) is 1. The lowest BCUT2D eigenvalue weighted by molar-refractivity contribution is -0.112. The molecule has 0 aliphatic carbocycles. The van der Waals surface area contributed by atoms with E-state index in [-0.39, 0.29) is 12.0 Å². The molecule has 10 heteroatoms. The fourth-order valence-corrected chi connectivity index (χ4v) is 8.16. The highest BCUT2D eigenvalue weighted by Gasteiger charge is 2.23. The van der Waals surface area contributed by atoms with Crippen LogP contribution in [0.5, 0.6) is 5.75 Å². The molecule has 3 heterocycles. The van der Waals surface area contributed by atoms with E-state index >= 15 is 0 Å². The Bertz CT molecular complexity index is 1850. The third-order valence-corrected chi connectivity index (χ3v) is 11.4. The largest absolute Gasteiger partial charge is 0.491 e. The number of ether oxygens (including phenoxy) is 3. The number of unbranched alkanes of at least 4 members (excludes halogenated alkanes) is 1. The van der Waals surface area contributed by atoms with Crippen molar-refractivity contribution in [3.05, 3.63) is 95.6 Å². The summed E-state index contributed by atoms with van der Waals surface area (Å²) in [5.41, 5.74) is 7.57. The molecule has 282 valence electrons. The van der Waals surface area contributed by atoms with Crippen molar-refractivity contribution in [2.75, 3.05) is 49.7 Å². The molecule has 0 spiro atoms. The van der Waals surface area contributed by atoms with E-state index < -0.39 is 10.8 Å². The molecule has 1 N–H and O–H groups in total. The van der Waals surface area contributed by atoms with Gasteiger partial charge in [-0.3, -0.25) is 9.00 Å². The van der Waals surface area contributed by atoms with Gasteiger partial charge in [-0.25, -0.2) is 4.98 Å². The van der Waals surface area contributed by atoms with Crippen LogP contribution in [0, 0.1) is 6.92 Å². The number of carbonyl (C=O) groups is 1. The maximum atomic E-state index is 13.8. The standard InChI is InChI=1S/C43H54N4O5S/c1-4-6-23-50-25-26-52-38-17-12-33(13-18-38)34-14-21-41-36(27-34)28-35(10-9-22-47(41)29-39-11-7-8-24-51-39)43(48)45-37-15-19-40(20-16-37)53(49)30-42-32(3)44-31-46(42)5-2/h12-21,27-28,31,39H,4-11,22-26,29-30H2,1-3H3,(H,45,48)/b35-28+/t39-,53-/m1/s1. The number of anilines is 2. The van der Waals surface area contributed by atoms with Crippen molar-refractivity contribution in [3.63, 3.8) is 0 Å². The lowest BCUT2D eigenvalue weighted by Gasteiger charge is -2.33. The van der Waals surface area contributed by atoms with Crippen LogP contribution in [-0.2, 0) is 37.4 Å². The van der Waals surface area contributed by atoms with Crippen molar-refractivity contribution in [2.45, 2.75) is 89.0 Å². The fraction of sp³-hybridized carbons (Fsp3) is 0.442. The first-order valence-electron chi connectivity index (χ1n) is 19.2. The fourth-order valence-electron chi connectivity index (χ4n) is 6.93. The molecule has 9 nitrogen and oxygen atoms in total. The summed E-state index contributed by atoms with van der Waals surface area (Å²) < 4.78 is 33.0. The number of imidazole rings is 1. The number of fused-ring (bicyclic) bond motifs is 1. The molecule has 0 unspecified atom stereocenters. The van der Waals surface area contributed by atoms with Crippen LogP contribution in [0.4, 0.5) is 11.4 Å². The van der Waals surface area contributed by atoms with E-state index in [1.54, 1.807) is 6.33 Å². The molecule has 0 saturated carbocycles. The highest BCUT2D eigenvalue weighted by molar-refractivity contribution is 7.84. The molecule has 1 fully saturated rings. The van der Waals surface area contributed by atoms with Gasteiger partial charge in [-0.1, -0.05) is 31.5 Å². The summed E-state index contributed by atoms with van der Waals surface area (Å²) in [4.78, 5) is 21.4. The first-order valence-corrected chi connectivity index (χ1v) is 20.6. The Kier molecular flexibility index (Phi) is 13.9. The van der Waals surface area contributed by atoms with E-state index in [1.165, 1.54) is 6.42 Å². The Morgan fingerprint density at radius 3 is 2.55 bits per heavy atom. The number of aryl methyl sites for hydroxylation is 2. The topological polar surface area (TPSA) is 94.9 Å². The van der Waals surface area contributed by atoms with Crippen molar-refractivity contribution in [2.24, 2.45) is 0 Å². The van der Waals surface area contributed by atoms with Crippen LogP contribution >= 0.6 is 0 Å². The van der Waals surface area contributed by atoms with E-state index in [4.69, 9.17) is 14.2 Å². The summed E-state index contributed by atoms with van der Waals surface area (Å²) in [6, 6.07) is 22.1. The summed E-state index contributed by atoms with van der Waals surface area (Å²) in [6.45, 7) is 11.3. The molecular formula is C43H54N4O5S. The number of hydrogen-bond donors (Lipinski definition) is 1. The minimum Gasteiger partial charge on any atom is -0.491 e. The molecule has 1 saturated heterocycles. The molecular weight excluding hydrogens is 685 g/mol. The van der Waals surface area contributed by atoms with Crippen LogP contribution in [-0.4, -0.2) is 65.3 Å². The van der Waals surface area contributed by atoms with Crippen LogP contribution < -0.4 is 15.0 Å². The van der Waals surface area contributed by atoms with Gasteiger partial charge in [-0.15, -0.1) is 0 Å². The number of aromatic nitrogens is 2. The molecule has 1 aromatic heterocycles. The number of carbonyl (C=O) groups excluding carboxylic acids is 1. The first kappa shape index (κ1) is 38.5. The van der Waals surface area contributed by atoms with Gasteiger partial charge in [0.25, 0.3) is 5.91 Å². The van der Waals surface area contributed by atoms with Crippen LogP contribution in [0.3, 0.4) is 0 Å². The quantitative estimate of drug-likeness (QED) is 0.115. The normalized spacial score (nSPS) is 17.6. The number of benzene rings is 3. The second-order valence-electron chi connectivity index (χ2n) is 13.9. The Balaban J connectivity index is 1.18. The molecule has 0 radical (unpaired) electrons. The summed E-state index contributed by atoms with van der Waals surface area (Å²) >= 11 is 0. The smallest absolute Gasteiger partial charge is 0.251 e. The second-order valence-corrected chi connectivity index (χ2v) is 15.3. The Hall–Kier alpha value is -4.25. The van der Waals surface area contributed by atoms with Gasteiger partial charge in [0, 0.05) is 54.7 Å². The Morgan fingerprint density at radius 2 is 1.79 bits per heavy atom. The Labute approximate surface area is 317 Å². The molecule has 2 aliphatic rings. The van der Waals surface area contributed by atoms with Crippen molar-refractivity contribution in [3.8, 4) is 16.9 Å². The highest BCUT2D eigenvalue weighted by atomic mass is 32.2. The maximum absolute atomic E-state index is 13.8. The van der Waals surface area contributed by atoms with Gasteiger partial charge in [0.1, 0.15) is 12.4 Å². The van der Waals surface area contributed by atoms with Crippen molar-refractivity contribution in [1.82, 2.24) is 9.55 Å². The van der Waals surface area contributed by atoms with Crippen molar-refractivity contribution < 1.29 is 23.2 Å². The van der Waals surface area contributed by atoms with E-state index in [1.807, 2.05) is 47.9 Å². The van der Waals surface area contributed by atoms with E-state index in [0.717, 1.165) is 115 Å². The second kappa shape index (κ2) is 19.2. The molecule has 0 bridgehead atoms. The lowest BCUT2D eigenvalue weighted by atomic mass is 9.96. The molecule has 53 heavy (non-hydrogen) atoms. The number of hydrogen-bond acceptors (Lipinski definition) is 7. The minimum absolute atomic E-state index is 0.123. The SMILES string of the molecule is CCCCOCCOc1ccc(-c2ccc3c(c2)/C=C(/C(=O)Nc2ccc([S@](=O)Cc4c(C)ncn4CC)cc2)CCCN3C[C@H]2CCCCO2)cc1. The zero-order valence-corrected chi connectivity index (χ0v) is 32.3. The van der Waals surface area contributed by atoms with Crippen LogP contribution in [0.15, 0.2) is 83.5 Å². The predicted molar refractivity (Wildman–Crippen MR) is 214 cm³/mol. The molecule has 2 aliphatic heterocycles. The van der Waals surface area contributed by atoms with Gasteiger partial charge in [0.2, 0.25) is 0 Å². The van der Waals surface area contributed by atoms with Gasteiger partial charge < -0.3 is 29.0 Å². The third-order valence-electron chi connectivity index (χ3n) is 10.0. The van der Waals surface area contributed by atoms with Gasteiger partial charge >= 0.3 is 0 Å². The lowest BCUT2D eigenvalue weighted by Crippen LogP contribution is -2.37. The third kappa shape index (κ3) is 10.5. The van der Waals surface area contributed by atoms with Crippen molar-refractivity contribution >= 4 is 34.2 Å². The molecule has 1 amide bonds. The number of rotatable bonds is 16. The average Bonchev–Trinajstić information content (AvgIpc) is 3.53. The minimum atomic E-state index is -1.23. The summed E-state index contributed by atoms with van der Waals surface area (Å²) in [5, 5.41) is 3.11. The van der Waals surface area contributed by atoms with Gasteiger partial charge in [0.15, 0.2) is 0 Å². The summed E-state index contributed by atoms with van der Waals surface area (Å²) in [6.07, 6.45) is 11.1. The van der Waals surface area contributed by atoms with E-state index in [2.05, 4.69) is 65.5 Å². The number of nitrogens with zero attached hydrogens (tertiary/aromatic N) is 3. The molecule has 6 rings (SSSR count). The summed E-state index contributed by atoms with van der Waals surface area (Å²) in [5.74, 6) is 1.09. The van der Waals surface area contributed by atoms with Crippen LogP contribution in [0.25, 0.3) is 17.2 Å². The molecule has 2 atom stereocenters. The zero-order valence-electron chi connectivity index (χ0n) is 31.5.